The molecule has 0 saturated carbocycles. The molecule has 1 atom stereocenters. The number of benzene rings is 2. The molecule has 2 rings (SSSR count). The first-order chi connectivity index (χ1) is 14.2. The Morgan fingerprint density at radius 3 is 2.37 bits per heavy atom. The Bertz CT molecular complexity index is 1030. The topological polar surface area (TPSA) is 107 Å². The van der Waals surface area contributed by atoms with Gasteiger partial charge in [0.1, 0.15) is 6.10 Å². The van der Waals surface area contributed by atoms with Crippen molar-refractivity contribution in [1.82, 2.24) is 4.31 Å². The van der Waals surface area contributed by atoms with E-state index in [-0.39, 0.29) is 10.6 Å². The summed E-state index contributed by atoms with van der Waals surface area (Å²) >= 11 is 0. The third-order valence-electron chi connectivity index (χ3n) is 4.48. The number of nitro groups is 1. The molecule has 0 heterocycles. The van der Waals surface area contributed by atoms with E-state index in [1.807, 2.05) is 0 Å². The van der Waals surface area contributed by atoms with Crippen LogP contribution in [0.15, 0.2) is 59.5 Å². The molecule has 0 N–H and O–H groups in total. The number of esters is 1. The van der Waals surface area contributed by atoms with Gasteiger partial charge >= 0.3 is 5.97 Å². The summed E-state index contributed by atoms with van der Waals surface area (Å²) in [6.45, 7) is 5.94. The second-order valence-corrected chi connectivity index (χ2v) is 8.36. The minimum atomic E-state index is -3.54. The van der Waals surface area contributed by atoms with E-state index >= 15 is 0 Å². The third kappa shape index (κ3) is 5.74. The van der Waals surface area contributed by atoms with Gasteiger partial charge in [-0.3, -0.25) is 10.1 Å². The van der Waals surface area contributed by atoms with Crippen LogP contribution in [-0.4, -0.2) is 36.7 Å². The number of carbonyl (C=O) groups is 1. The Kier molecular flexibility index (Phi) is 7.85. The molecular formula is C21H24N2O6S. The van der Waals surface area contributed by atoms with Crippen LogP contribution in [0.1, 0.15) is 38.0 Å². The summed E-state index contributed by atoms with van der Waals surface area (Å²) in [5.41, 5.74) is 1.07. The number of sulfonamides is 1. The van der Waals surface area contributed by atoms with E-state index in [9.17, 15) is 23.3 Å². The highest BCUT2D eigenvalue weighted by Gasteiger charge is 2.21. The van der Waals surface area contributed by atoms with Crippen LogP contribution in [0.3, 0.4) is 0 Å². The minimum Gasteiger partial charge on any atom is -0.455 e. The molecule has 8 nitrogen and oxygen atoms in total. The van der Waals surface area contributed by atoms with Crippen molar-refractivity contribution < 1.29 is 22.9 Å². The molecule has 160 valence electrons. The number of nitro benzene ring substituents is 1. The maximum atomic E-state index is 12.5. The standard InChI is InChI=1S/C21H24N2O6S/c1-4-22(5-2)30(27,28)20-12-9-17(10-13-20)11-14-21(24)29-16(3)18-7-6-8-19(15-18)23(25)26/h6-16H,4-5H2,1-3H3/b14-11+. The Labute approximate surface area is 176 Å². The SMILES string of the molecule is CCN(CC)S(=O)(=O)c1ccc(/C=C/C(=O)OC(C)c2cccc([N+](=O)[O-])c2)cc1. The minimum absolute atomic E-state index is 0.0781. The van der Waals surface area contributed by atoms with Gasteiger partial charge in [0.15, 0.2) is 0 Å². The molecule has 0 spiro atoms. The molecular weight excluding hydrogens is 408 g/mol. The molecule has 0 fully saturated rings. The molecule has 0 saturated heterocycles. The second kappa shape index (κ2) is 10.1. The highest BCUT2D eigenvalue weighted by Crippen LogP contribution is 2.22. The van der Waals surface area contributed by atoms with Crippen LogP contribution in [0.5, 0.6) is 0 Å². The largest absolute Gasteiger partial charge is 0.455 e. The first-order valence-electron chi connectivity index (χ1n) is 9.42. The number of rotatable bonds is 9. The van der Waals surface area contributed by atoms with Crippen molar-refractivity contribution >= 4 is 27.8 Å². The number of carbonyl (C=O) groups excluding carboxylic acids is 1. The Morgan fingerprint density at radius 2 is 1.80 bits per heavy atom. The molecule has 0 aliphatic carbocycles. The maximum absolute atomic E-state index is 12.5. The van der Waals surface area contributed by atoms with E-state index in [2.05, 4.69) is 0 Å². The number of nitrogens with zero attached hydrogens (tertiary/aromatic N) is 2. The first kappa shape index (κ1) is 23.2. The molecule has 0 radical (unpaired) electrons. The van der Waals surface area contributed by atoms with Gasteiger partial charge in [0, 0.05) is 31.3 Å². The Morgan fingerprint density at radius 1 is 1.17 bits per heavy atom. The summed E-state index contributed by atoms with van der Waals surface area (Å²) in [6, 6.07) is 12.1. The summed E-state index contributed by atoms with van der Waals surface area (Å²) in [5, 5.41) is 10.9. The quantitative estimate of drug-likeness (QED) is 0.257. The van der Waals surface area contributed by atoms with Crippen molar-refractivity contribution in [3.63, 3.8) is 0 Å². The zero-order valence-electron chi connectivity index (χ0n) is 17.0. The maximum Gasteiger partial charge on any atom is 0.331 e. The number of hydrogen-bond donors (Lipinski definition) is 0. The van der Waals surface area contributed by atoms with Crippen LogP contribution in [0.4, 0.5) is 5.69 Å². The molecule has 2 aromatic rings. The first-order valence-corrected chi connectivity index (χ1v) is 10.9. The van der Waals surface area contributed by atoms with Crippen molar-refractivity contribution in [2.75, 3.05) is 13.1 Å². The summed E-state index contributed by atoms with van der Waals surface area (Å²) < 4.78 is 31.6. The number of hydrogen-bond acceptors (Lipinski definition) is 6. The highest BCUT2D eigenvalue weighted by molar-refractivity contribution is 7.89. The van der Waals surface area contributed by atoms with Crippen LogP contribution >= 0.6 is 0 Å². The van der Waals surface area contributed by atoms with Gasteiger partial charge in [0.2, 0.25) is 10.0 Å². The second-order valence-electron chi connectivity index (χ2n) is 6.42. The summed E-state index contributed by atoms with van der Waals surface area (Å²) in [6.07, 6.45) is 2.07. The van der Waals surface area contributed by atoms with Crippen molar-refractivity contribution in [2.45, 2.75) is 31.8 Å². The smallest absolute Gasteiger partial charge is 0.331 e. The van der Waals surface area contributed by atoms with E-state index in [1.165, 1.54) is 46.8 Å². The lowest BCUT2D eigenvalue weighted by Crippen LogP contribution is -2.30. The Hall–Kier alpha value is -3.04. The van der Waals surface area contributed by atoms with Gasteiger partial charge in [-0.05, 0) is 36.3 Å². The lowest BCUT2D eigenvalue weighted by Gasteiger charge is -2.18. The molecule has 0 bridgehead atoms. The average molecular weight is 432 g/mol. The van der Waals surface area contributed by atoms with Crippen LogP contribution < -0.4 is 0 Å². The van der Waals surface area contributed by atoms with Crippen molar-refractivity contribution in [1.29, 1.82) is 0 Å². The predicted octanol–water partition coefficient (Wildman–Crippen LogP) is 3.94. The molecule has 0 aliphatic heterocycles. The van der Waals surface area contributed by atoms with Gasteiger partial charge in [-0.1, -0.05) is 38.1 Å². The lowest BCUT2D eigenvalue weighted by molar-refractivity contribution is -0.385. The van der Waals surface area contributed by atoms with Gasteiger partial charge in [0.25, 0.3) is 5.69 Å². The van der Waals surface area contributed by atoms with Crippen molar-refractivity contribution in [3.8, 4) is 0 Å². The fraction of sp³-hybridized carbons (Fsp3) is 0.286. The van der Waals surface area contributed by atoms with Crippen LogP contribution in [0.25, 0.3) is 6.08 Å². The van der Waals surface area contributed by atoms with E-state index in [0.717, 1.165) is 0 Å². The van der Waals surface area contributed by atoms with Gasteiger partial charge in [-0.2, -0.15) is 4.31 Å². The number of non-ortho nitro benzene ring substituents is 1. The molecule has 0 amide bonds. The summed E-state index contributed by atoms with van der Waals surface area (Å²) in [4.78, 5) is 22.6. The molecule has 9 heteroatoms. The number of ether oxygens (including phenoxy) is 1. The monoisotopic (exact) mass is 432 g/mol. The summed E-state index contributed by atoms with van der Waals surface area (Å²) in [5.74, 6) is -0.617. The third-order valence-corrected chi connectivity index (χ3v) is 6.54. The molecule has 0 aromatic heterocycles. The van der Waals surface area contributed by atoms with Crippen LogP contribution in [0.2, 0.25) is 0 Å². The molecule has 2 aromatic carbocycles. The molecule has 30 heavy (non-hydrogen) atoms. The van der Waals surface area contributed by atoms with Gasteiger partial charge in [0.05, 0.1) is 9.82 Å². The van der Waals surface area contributed by atoms with Crippen molar-refractivity contribution in [2.24, 2.45) is 0 Å². The van der Waals surface area contributed by atoms with E-state index < -0.39 is 27.0 Å². The van der Waals surface area contributed by atoms with E-state index in [0.29, 0.717) is 24.2 Å². The van der Waals surface area contributed by atoms with Gasteiger partial charge < -0.3 is 4.74 Å². The molecule has 0 aliphatic rings. The Balaban J connectivity index is 2.04. The summed E-state index contributed by atoms with van der Waals surface area (Å²) in [7, 11) is -3.54. The lowest BCUT2D eigenvalue weighted by atomic mass is 10.1. The normalized spacial score (nSPS) is 12.8. The predicted molar refractivity (Wildman–Crippen MR) is 113 cm³/mol. The van der Waals surface area contributed by atoms with Crippen molar-refractivity contribution in [3.05, 3.63) is 75.8 Å². The molecule has 1 unspecified atom stereocenters. The fourth-order valence-corrected chi connectivity index (χ4v) is 4.26. The average Bonchev–Trinajstić information content (AvgIpc) is 2.73. The van der Waals surface area contributed by atoms with Crippen LogP contribution in [0, 0.1) is 10.1 Å². The van der Waals surface area contributed by atoms with Gasteiger partial charge in [-0.15, -0.1) is 0 Å². The van der Waals surface area contributed by atoms with E-state index in [1.54, 1.807) is 39.0 Å². The van der Waals surface area contributed by atoms with Crippen LogP contribution in [-0.2, 0) is 19.6 Å². The zero-order valence-corrected chi connectivity index (χ0v) is 17.8. The highest BCUT2D eigenvalue weighted by atomic mass is 32.2. The van der Waals surface area contributed by atoms with Gasteiger partial charge in [-0.25, -0.2) is 13.2 Å². The fourth-order valence-electron chi connectivity index (χ4n) is 2.80. The van der Waals surface area contributed by atoms with E-state index in [4.69, 9.17) is 4.74 Å². The zero-order chi connectivity index (χ0) is 22.3.